The number of carbonyl (C=O) groups excluding carboxylic acids is 2. The maximum Gasteiger partial charge on any atom is 0.325 e. The summed E-state index contributed by atoms with van der Waals surface area (Å²) in [5.74, 6) is 0.269. The highest BCUT2D eigenvalue weighted by atomic mass is 16.5. The maximum absolute atomic E-state index is 13.0. The van der Waals surface area contributed by atoms with E-state index in [1.54, 1.807) is 12.1 Å². The first kappa shape index (κ1) is 17.9. The van der Waals surface area contributed by atoms with Crippen LogP contribution in [0.15, 0.2) is 60.7 Å². The fourth-order valence-electron chi connectivity index (χ4n) is 3.13. The molecule has 6 heteroatoms. The predicted octanol–water partition coefficient (Wildman–Crippen LogP) is 2.28. The van der Waals surface area contributed by atoms with Gasteiger partial charge in [0.25, 0.3) is 5.91 Å². The van der Waals surface area contributed by atoms with E-state index in [9.17, 15) is 14.7 Å². The molecule has 3 rings (SSSR count). The van der Waals surface area contributed by atoms with Gasteiger partial charge in [-0.15, -0.1) is 0 Å². The van der Waals surface area contributed by atoms with E-state index >= 15 is 0 Å². The van der Waals surface area contributed by atoms with Crippen molar-refractivity contribution in [1.82, 2.24) is 10.2 Å². The number of hydrogen-bond donors (Lipinski definition) is 2. The van der Waals surface area contributed by atoms with E-state index in [4.69, 9.17) is 4.74 Å². The number of aliphatic hydroxyl groups is 1. The van der Waals surface area contributed by atoms with Gasteiger partial charge in [0.1, 0.15) is 24.0 Å². The number of nitrogens with one attached hydrogen (secondary N) is 1. The molecule has 1 heterocycles. The van der Waals surface area contributed by atoms with Crippen molar-refractivity contribution in [2.75, 3.05) is 13.2 Å². The Kier molecular flexibility index (Phi) is 5.23. The first-order valence-electron chi connectivity index (χ1n) is 8.62. The summed E-state index contributed by atoms with van der Waals surface area (Å²) < 4.78 is 5.49. The Labute approximate surface area is 152 Å². The number of imide groups is 1. The molecule has 1 aliphatic heterocycles. The van der Waals surface area contributed by atoms with Gasteiger partial charge in [-0.3, -0.25) is 9.69 Å². The van der Waals surface area contributed by atoms with E-state index in [1.807, 2.05) is 55.5 Å². The normalized spacial score (nSPS) is 20.8. The number of carbonyl (C=O) groups is 2. The lowest BCUT2D eigenvalue weighted by atomic mass is 9.87. The Bertz CT molecular complexity index is 766. The van der Waals surface area contributed by atoms with E-state index in [0.29, 0.717) is 12.2 Å². The van der Waals surface area contributed by atoms with Gasteiger partial charge < -0.3 is 15.2 Å². The lowest BCUT2D eigenvalue weighted by molar-refractivity contribution is -0.132. The molecule has 136 valence electrons. The minimum atomic E-state index is -1.08. The van der Waals surface area contributed by atoms with Crippen LogP contribution in [-0.4, -0.2) is 41.2 Å². The van der Waals surface area contributed by atoms with Gasteiger partial charge in [0.15, 0.2) is 0 Å². The predicted molar refractivity (Wildman–Crippen MR) is 96.6 cm³/mol. The summed E-state index contributed by atoms with van der Waals surface area (Å²) in [5, 5.41) is 13.0. The fraction of sp³-hybridized carbons (Fsp3) is 0.300. The van der Waals surface area contributed by atoms with Gasteiger partial charge in [0.2, 0.25) is 0 Å². The Morgan fingerprint density at radius 2 is 1.69 bits per heavy atom. The number of para-hydroxylation sites is 1. The highest BCUT2D eigenvalue weighted by Gasteiger charge is 2.51. The quantitative estimate of drug-likeness (QED) is 0.748. The molecule has 0 aliphatic carbocycles. The zero-order valence-electron chi connectivity index (χ0n) is 14.6. The molecule has 6 nitrogen and oxygen atoms in total. The summed E-state index contributed by atoms with van der Waals surface area (Å²) in [7, 11) is 0. The topological polar surface area (TPSA) is 78.9 Å². The van der Waals surface area contributed by atoms with Crippen LogP contribution in [0.3, 0.4) is 0 Å². The molecule has 26 heavy (non-hydrogen) atoms. The van der Waals surface area contributed by atoms with Crippen LogP contribution in [0.1, 0.15) is 18.9 Å². The van der Waals surface area contributed by atoms with Gasteiger partial charge in [0, 0.05) is 0 Å². The monoisotopic (exact) mass is 354 g/mol. The van der Waals surface area contributed by atoms with Crippen LogP contribution >= 0.6 is 0 Å². The van der Waals surface area contributed by atoms with Gasteiger partial charge in [-0.1, -0.05) is 55.5 Å². The molecule has 3 amide bonds. The molecule has 1 saturated heterocycles. The molecule has 2 atom stereocenters. The minimum absolute atomic E-state index is 0.00840. The SMILES string of the molecule is CCC1(c2ccccc2)NC(=O)N(CC(O)COc2ccccc2)C1=O. The van der Waals surface area contributed by atoms with Crippen molar-refractivity contribution in [3.05, 3.63) is 66.2 Å². The van der Waals surface area contributed by atoms with Gasteiger partial charge in [0.05, 0.1) is 6.54 Å². The standard InChI is InChI=1S/C20H22N2O4/c1-2-20(15-9-5-3-6-10-15)18(24)22(19(25)21-20)13-16(23)14-26-17-11-7-4-8-12-17/h3-12,16,23H,2,13-14H2,1H3,(H,21,25). The van der Waals surface area contributed by atoms with E-state index in [-0.39, 0.29) is 19.1 Å². The zero-order valence-corrected chi connectivity index (χ0v) is 14.6. The summed E-state index contributed by atoms with van der Waals surface area (Å²) in [5.41, 5.74) is -0.350. The third-order valence-electron chi connectivity index (χ3n) is 4.55. The molecule has 2 aromatic carbocycles. The molecule has 0 radical (unpaired) electrons. The van der Waals surface area contributed by atoms with Gasteiger partial charge in [-0.25, -0.2) is 4.79 Å². The Balaban J connectivity index is 1.69. The number of benzene rings is 2. The van der Waals surface area contributed by atoms with Crippen molar-refractivity contribution >= 4 is 11.9 Å². The molecule has 2 N–H and O–H groups in total. The fourth-order valence-corrected chi connectivity index (χ4v) is 3.13. The number of hydrogen-bond acceptors (Lipinski definition) is 4. The minimum Gasteiger partial charge on any atom is -0.491 e. The van der Waals surface area contributed by atoms with Crippen molar-refractivity contribution in [3.8, 4) is 5.75 Å². The van der Waals surface area contributed by atoms with Crippen molar-refractivity contribution in [2.24, 2.45) is 0 Å². The molecule has 2 unspecified atom stereocenters. The second kappa shape index (κ2) is 7.58. The summed E-state index contributed by atoms with van der Waals surface area (Å²) in [4.78, 5) is 26.4. The second-order valence-corrected chi connectivity index (χ2v) is 6.25. The number of rotatable bonds is 7. The molecule has 0 bridgehead atoms. The largest absolute Gasteiger partial charge is 0.491 e. The van der Waals surface area contributed by atoms with Gasteiger partial charge in [-0.2, -0.15) is 0 Å². The molecule has 1 fully saturated rings. The number of aliphatic hydroxyl groups excluding tert-OH is 1. The Morgan fingerprint density at radius 1 is 1.08 bits per heavy atom. The summed E-state index contributed by atoms with van der Waals surface area (Å²) in [6, 6.07) is 17.7. The highest BCUT2D eigenvalue weighted by Crippen LogP contribution is 2.32. The van der Waals surface area contributed by atoms with Crippen molar-refractivity contribution in [1.29, 1.82) is 0 Å². The van der Waals surface area contributed by atoms with E-state index in [1.165, 1.54) is 0 Å². The molecular weight excluding hydrogens is 332 g/mol. The third kappa shape index (κ3) is 3.41. The summed E-state index contributed by atoms with van der Waals surface area (Å²) >= 11 is 0. The van der Waals surface area contributed by atoms with Crippen LogP contribution in [-0.2, 0) is 10.3 Å². The second-order valence-electron chi connectivity index (χ2n) is 6.25. The summed E-state index contributed by atoms with van der Waals surface area (Å²) in [6.07, 6.45) is -0.553. The Morgan fingerprint density at radius 3 is 2.31 bits per heavy atom. The molecular formula is C20H22N2O4. The highest BCUT2D eigenvalue weighted by molar-refractivity contribution is 6.07. The van der Waals surface area contributed by atoms with Crippen molar-refractivity contribution < 1.29 is 19.4 Å². The van der Waals surface area contributed by atoms with Gasteiger partial charge >= 0.3 is 6.03 Å². The average molecular weight is 354 g/mol. The number of urea groups is 1. The van der Waals surface area contributed by atoms with Crippen LogP contribution in [0.2, 0.25) is 0 Å². The molecule has 2 aromatic rings. The lowest BCUT2D eigenvalue weighted by Gasteiger charge is -2.26. The van der Waals surface area contributed by atoms with Crippen molar-refractivity contribution in [2.45, 2.75) is 25.0 Å². The van der Waals surface area contributed by atoms with Crippen LogP contribution < -0.4 is 10.1 Å². The van der Waals surface area contributed by atoms with Crippen LogP contribution in [0, 0.1) is 0 Å². The Hall–Kier alpha value is -2.86. The van der Waals surface area contributed by atoms with Gasteiger partial charge in [-0.05, 0) is 24.1 Å². The average Bonchev–Trinajstić information content (AvgIpc) is 2.93. The number of β-amino-alcohol motifs (C(OH)–C–C–N with tert-alkyl or cyclic N) is 1. The molecule has 1 aliphatic rings. The van der Waals surface area contributed by atoms with E-state index < -0.39 is 17.7 Å². The van der Waals surface area contributed by atoms with E-state index in [0.717, 1.165) is 10.5 Å². The number of nitrogens with zero attached hydrogens (tertiary/aromatic N) is 1. The van der Waals surface area contributed by atoms with Crippen LogP contribution in [0.4, 0.5) is 4.79 Å². The molecule has 0 aromatic heterocycles. The third-order valence-corrected chi connectivity index (χ3v) is 4.55. The molecule has 0 saturated carbocycles. The van der Waals surface area contributed by atoms with Crippen LogP contribution in [0.5, 0.6) is 5.75 Å². The van der Waals surface area contributed by atoms with E-state index in [2.05, 4.69) is 5.32 Å². The first-order valence-corrected chi connectivity index (χ1v) is 8.62. The smallest absolute Gasteiger partial charge is 0.325 e. The first-order chi connectivity index (χ1) is 12.6. The molecule has 0 spiro atoms. The number of amides is 3. The lowest BCUT2D eigenvalue weighted by Crippen LogP contribution is -2.44. The maximum atomic E-state index is 13.0. The number of ether oxygens (including phenoxy) is 1. The van der Waals surface area contributed by atoms with Crippen molar-refractivity contribution in [3.63, 3.8) is 0 Å². The van der Waals surface area contributed by atoms with Crippen LogP contribution in [0.25, 0.3) is 0 Å². The zero-order chi connectivity index (χ0) is 18.6. The summed E-state index contributed by atoms with van der Waals surface area (Å²) in [6.45, 7) is 1.72.